The number of hydrogen-bond donors (Lipinski definition) is 1. The average molecular weight is 342 g/mol. The zero-order valence-electron chi connectivity index (χ0n) is 13.3. The molecule has 0 bridgehead atoms. The summed E-state index contributed by atoms with van der Waals surface area (Å²) in [5.74, 6) is 0. The highest BCUT2D eigenvalue weighted by molar-refractivity contribution is 7.92. The minimum atomic E-state index is -3.74. The fourth-order valence-corrected chi connectivity index (χ4v) is 3.77. The molecule has 1 aromatic carbocycles. The fourth-order valence-electron chi connectivity index (χ4n) is 2.09. The van der Waals surface area contributed by atoms with Crippen LogP contribution >= 0.6 is 11.6 Å². The van der Waals surface area contributed by atoms with Crippen molar-refractivity contribution in [2.75, 3.05) is 4.72 Å². The summed E-state index contributed by atoms with van der Waals surface area (Å²) >= 11 is 5.95. The Morgan fingerprint density at radius 3 is 2.50 bits per heavy atom. The highest BCUT2D eigenvalue weighted by atomic mass is 35.5. The number of hydrogen-bond acceptors (Lipinski definition) is 3. The summed E-state index contributed by atoms with van der Waals surface area (Å²) in [4.78, 5) is 0.182. The lowest BCUT2D eigenvalue weighted by Crippen LogP contribution is -2.20. The van der Waals surface area contributed by atoms with E-state index in [1.807, 2.05) is 27.7 Å². The topological polar surface area (TPSA) is 64.0 Å². The molecule has 0 aliphatic carbocycles. The summed E-state index contributed by atoms with van der Waals surface area (Å²) in [6.07, 6.45) is 1.52. The van der Waals surface area contributed by atoms with Gasteiger partial charge in [0, 0.05) is 23.7 Å². The van der Waals surface area contributed by atoms with Crippen LogP contribution in [0.3, 0.4) is 0 Å². The molecule has 2 aromatic rings. The van der Waals surface area contributed by atoms with Crippen LogP contribution in [-0.2, 0) is 22.5 Å². The van der Waals surface area contributed by atoms with Crippen molar-refractivity contribution in [2.24, 2.45) is 7.05 Å². The van der Waals surface area contributed by atoms with Crippen LogP contribution < -0.4 is 4.72 Å². The number of nitrogens with one attached hydrogen (secondary N) is 1. The first kappa shape index (κ1) is 16.8. The molecule has 22 heavy (non-hydrogen) atoms. The van der Waals surface area contributed by atoms with Crippen molar-refractivity contribution >= 4 is 27.3 Å². The molecule has 1 heterocycles. The van der Waals surface area contributed by atoms with E-state index >= 15 is 0 Å². The van der Waals surface area contributed by atoms with Crippen molar-refractivity contribution in [3.05, 3.63) is 40.7 Å². The van der Waals surface area contributed by atoms with E-state index in [0.29, 0.717) is 16.4 Å². The van der Waals surface area contributed by atoms with Gasteiger partial charge in [0.2, 0.25) is 0 Å². The van der Waals surface area contributed by atoms with Gasteiger partial charge in [0.25, 0.3) is 10.0 Å². The van der Waals surface area contributed by atoms with E-state index in [-0.39, 0.29) is 10.3 Å². The lowest BCUT2D eigenvalue weighted by atomic mass is 9.92. The van der Waals surface area contributed by atoms with Gasteiger partial charge in [0.05, 0.1) is 11.4 Å². The maximum atomic E-state index is 12.7. The normalized spacial score (nSPS) is 12.5. The maximum Gasteiger partial charge on any atom is 0.265 e. The number of aryl methyl sites for hydroxylation is 2. The van der Waals surface area contributed by atoms with Crippen LogP contribution in [0.25, 0.3) is 0 Å². The van der Waals surface area contributed by atoms with Gasteiger partial charge in [0.1, 0.15) is 4.90 Å². The Balaban J connectivity index is 2.50. The number of sulfonamides is 1. The van der Waals surface area contributed by atoms with Gasteiger partial charge in [-0.3, -0.25) is 9.40 Å². The molecule has 0 amide bonds. The number of halogens is 1. The molecule has 1 N–H and O–H groups in total. The monoisotopic (exact) mass is 341 g/mol. The molecule has 0 radical (unpaired) electrons. The predicted molar refractivity (Wildman–Crippen MR) is 88.9 cm³/mol. The first-order valence-electron chi connectivity index (χ1n) is 6.84. The lowest BCUT2D eigenvalue weighted by Gasteiger charge is -2.18. The van der Waals surface area contributed by atoms with E-state index in [2.05, 4.69) is 9.82 Å². The Labute approximate surface area is 136 Å². The van der Waals surface area contributed by atoms with Gasteiger partial charge in [-0.1, -0.05) is 38.4 Å². The van der Waals surface area contributed by atoms with Crippen LogP contribution in [0.1, 0.15) is 32.0 Å². The van der Waals surface area contributed by atoms with Crippen LogP contribution in [0.4, 0.5) is 5.69 Å². The molecular weight excluding hydrogens is 322 g/mol. The molecule has 5 nitrogen and oxygen atoms in total. The molecule has 0 aliphatic heterocycles. The number of rotatable bonds is 3. The number of aromatic nitrogens is 2. The largest absolute Gasteiger partial charge is 0.279 e. The SMILES string of the molecule is Cc1ccc(Cl)cc1NS(=O)(=O)c1cn(C)nc1C(C)(C)C. The van der Waals surface area contributed by atoms with E-state index in [0.717, 1.165) is 5.56 Å². The van der Waals surface area contributed by atoms with Crippen LogP contribution in [0.15, 0.2) is 29.3 Å². The third kappa shape index (κ3) is 3.44. The van der Waals surface area contributed by atoms with Crippen molar-refractivity contribution < 1.29 is 8.42 Å². The Morgan fingerprint density at radius 1 is 1.27 bits per heavy atom. The Kier molecular flexibility index (Phi) is 4.28. The van der Waals surface area contributed by atoms with Gasteiger partial charge in [0.15, 0.2) is 0 Å². The van der Waals surface area contributed by atoms with Crippen molar-refractivity contribution in [2.45, 2.75) is 38.0 Å². The van der Waals surface area contributed by atoms with Gasteiger partial charge in [-0.2, -0.15) is 5.10 Å². The van der Waals surface area contributed by atoms with Crippen LogP contribution in [0.2, 0.25) is 5.02 Å². The van der Waals surface area contributed by atoms with Crippen LogP contribution in [0, 0.1) is 6.92 Å². The second kappa shape index (κ2) is 5.59. The molecule has 0 saturated heterocycles. The van der Waals surface area contributed by atoms with Crippen LogP contribution in [0.5, 0.6) is 0 Å². The summed E-state index contributed by atoms with van der Waals surface area (Å²) < 4.78 is 29.6. The zero-order valence-corrected chi connectivity index (χ0v) is 14.9. The number of benzene rings is 1. The Hall–Kier alpha value is -1.53. The first-order chi connectivity index (χ1) is 10.0. The van der Waals surface area contributed by atoms with Crippen molar-refractivity contribution in [3.8, 4) is 0 Å². The van der Waals surface area contributed by atoms with E-state index in [4.69, 9.17) is 11.6 Å². The third-order valence-corrected chi connectivity index (χ3v) is 4.84. The smallest absolute Gasteiger partial charge is 0.265 e. The summed E-state index contributed by atoms with van der Waals surface area (Å²) in [6.45, 7) is 7.61. The van der Waals surface area contributed by atoms with Crippen LogP contribution in [-0.4, -0.2) is 18.2 Å². The second-order valence-electron chi connectivity index (χ2n) is 6.33. The number of anilines is 1. The van der Waals surface area contributed by atoms with E-state index in [1.165, 1.54) is 10.9 Å². The van der Waals surface area contributed by atoms with Gasteiger partial charge < -0.3 is 0 Å². The van der Waals surface area contributed by atoms with Gasteiger partial charge >= 0.3 is 0 Å². The predicted octanol–water partition coefficient (Wildman–Crippen LogP) is 3.48. The molecule has 0 aliphatic rings. The minimum absolute atomic E-state index is 0.182. The van der Waals surface area contributed by atoms with E-state index in [9.17, 15) is 8.42 Å². The molecule has 1 aromatic heterocycles. The molecule has 2 rings (SSSR count). The fraction of sp³-hybridized carbons (Fsp3) is 0.400. The molecule has 120 valence electrons. The number of nitrogens with zero attached hydrogens (tertiary/aromatic N) is 2. The van der Waals surface area contributed by atoms with Gasteiger partial charge in [-0.25, -0.2) is 8.42 Å². The molecule has 0 fully saturated rings. The van der Waals surface area contributed by atoms with Gasteiger partial charge in [-0.15, -0.1) is 0 Å². The molecule has 0 spiro atoms. The minimum Gasteiger partial charge on any atom is -0.279 e. The van der Waals surface area contributed by atoms with Crippen molar-refractivity contribution in [3.63, 3.8) is 0 Å². The molecule has 0 unspecified atom stereocenters. The molecular formula is C15H20ClN3O2S. The summed E-state index contributed by atoms with van der Waals surface area (Å²) in [5.41, 5.74) is 1.42. The van der Waals surface area contributed by atoms with E-state index < -0.39 is 10.0 Å². The third-order valence-electron chi connectivity index (χ3n) is 3.24. The van der Waals surface area contributed by atoms with Crippen molar-refractivity contribution in [1.29, 1.82) is 0 Å². The molecule has 7 heteroatoms. The molecule has 0 atom stereocenters. The maximum absolute atomic E-state index is 12.7. The average Bonchev–Trinajstić information content (AvgIpc) is 2.76. The highest BCUT2D eigenvalue weighted by Gasteiger charge is 2.29. The molecule has 0 saturated carbocycles. The lowest BCUT2D eigenvalue weighted by molar-refractivity contribution is 0.539. The zero-order chi connectivity index (χ0) is 16.7. The highest BCUT2D eigenvalue weighted by Crippen LogP contribution is 2.30. The van der Waals surface area contributed by atoms with Crippen molar-refractivity contribution in [1.82, 2.24) is 9.78 Å². The summed E-state index contributed by atoms with van der Waals surface area (Å²) in [7, 11) is -2.03. The summed E-state index contributed by atoms with van der Waals surface area (Å²) in [5, 5.41) is 4.78. The Morgan fingerprint density at radius 2 is 1.91 bits per heavy atom. The van der Waals surface area contributed by atoms with E-state index in [1.54, 1.807) is 25.2 Å². The van der Waals surface area contributed by atoms with Gasteiger partial charge in [-0.05, 0) is 24.6 Å². The summed E-state index contributed by atoms with van der Waals surface area (Å²) in [6, 6.07) is 5.09. The quantitative estimate of drug-likeness (QED) is 0.929. The Bertz CT molecular complexity index is 805. The second-order valence-corrected chi connectivity index (χ2v) is 8.42. The first-order valence-corrected chi connectivity index (χ1v) is 8.70. The standard InChI is InChI=1S/C15H20ClN3O2S/c1-10-6-7-11(16)8-12(10)18-22(20,21)13-9-19(5)17-14(13)15(2,3)4/h6-9,18H,1-5H3.